The molecule has 0 amide bonds. The Balaban J connectivity index is 2.06. The number of benzene rings is 1. The van der Waals surface area contributed by atoms with Gasteiger partial charge in [0.1, 0.15) is 11.4 Å². The number of nitrogens with zero attached hydrogens (tertiary/aromatic N) is 1. The highest BCUT2D eigenvalue weighted by Crippen LogP contribution is 2.39. The Kier molecular flexibility index (Phi) is 2.86. The second-order valence-corrected chi connectivity index (χ2v) is 5.33. The number of fused-ring (bicyclic) bond motifs is 1. The average molecular weight is 292 g/mol. The third kappa shape index (κ3) is 1.93. The van der Waals surface area contributed by atoms with Gasteiger partial charge >= 0.3 is 0 Å². The SMILES string of the molecule is CCc1ccc2c(c1)CN(c1c(N)c(=O)c1=O)CC2(F)F. The molecule has 4 nitrogen and oxygen atoms in total. The quantitative estimate of drug-likeness (QED) is 0.853. The largest absolute Gasteiger partial charge is 0.394 e. The number of anilines is 2. The lowest BCUT2D eigenvalue weighted by molar-refractivity contribution is -0.00251. The third-order valence-corrected chi connectivity index (χ3v) is 3.96. The van der Waals surface area contributed by atoms with Crippen LogP contribution in [0.1, 0.15) is 23.6 Å². The molecule has 0 saturated heterocycles. The highest BCUT2D eigenvalue weighted by atomic mass is 19.3. The Bertz CT molecular complexity index is 791. The van der Waals surface area contributed by atoms with Gasteiger partial charge in [-0.3, -0.25) is 9.59 Å². The van der Waals surface area contributed by atoms with Crippen molar-refractivity contribution in [2.45, 2.75) is 25.8 Å². The maximum atomic E-state index is 14.3. The zero-order valence-electron chi connectivity index (χ0n) is 11.5. The molecule has 0 aliphatic carbocycles. The number of nitrogen functional groups attached to an aromatic ring is 1. The molecule has 0 fully saturated rings. The molecule has 0 bridgehead atoms. The van der Waals surface area contributed by atoms with Crippen LogP contribution in [0.5, 0.6) is 0 Å². The van der Waals surface area contributed by atoms with Crippen molar-refractivity contribution in [2.75, 3.05) is 17.2 Å². The molecule has 0 unspecified atom stereocenters. The van der Waals surface area contributed by atoms with Crippen molar-refractivity contribution in [3.8, 4) is 0 Å². The Morgan fingerprint density at radius 2 is 2.00 bits per heavy atom. The predicted octanol–water partition coefficient (Wildman–Crippen LogP) is 1.54. The van der Waals surface area contributed by atoms with Gasteiger partial charge in [0, 0.05) is 12.1 Å². The molecule has 0 atom stereocenters. The molecule has 1 heterocycles. The minimum Gasteiger partial charge on any atom is -0.394 e. The number of halogens is 2. The van der Waals surface area contributed by atoms with Crippen molar-refractivity contribution >= 4 is 11.4 Å². The maximum absolute atomic E-state index is 14.3. The average Bonchev–Trinajstić information content (AvgIpc) is 2.45. The standard InChI is InChI=1S/C15H14F2N2O2/c1-2-8-3-4-10-9(5-8)6-19(7-15(10,16)17)12-11(18)13(20)14(12)21/h3-5H,2,6-7,18H2,1H3. The van der Waals surface area contributed by atoms with Gasteiger partial charge in [0.15, 0.2) is 0 Å². The molecule has 1 aliphatic heterocycles. The highest BCUT2D eigenvalue weighted by Gasteiger charge is 2.42. The summed E-state index contributed by atoms with van der Waals surface area (Å²) in [7, 11) is 0. The van der Waals surface area contributed by atoms with Gasteiger partial charge in [-0.2, -0.15) is 8.78 Å². The van der Waals surface area contributed by atoms with Gasteiger partial charge in [0.2, 0.25) is 0 Å². The lowest BCUT2D eigenvalue weighted by Crippen LogP contribution is -2.48. The number of hydrogen-bond acceptors (Lipinski definition) is 4. The molecule has 0 aromatic heterocycles. The lowest BCUT2D eigenvalue weighted by Gasteiger charge is -2.36. The Labute approximate surface area is 119 Å². The van der Waals surface area contributed by atoms with E-state index in [1.165, 1.54) is 11.0 Å². The minimum atomic E-state index is -3.08. The molecule has 6 heteroatoms. The van der Waals surface area contributed by atoms with Crippen LogP contribution in [-0.4, -0.2) is 6.54 Å². The fourth-order valence-corrected chi connectivity index (χ4v) is 2.81. The van der Waals surface area contributed by atoms with E-state index in [2.05, 4.69) is 0 Å². The second-order valence-electron chi connectivity index (χ2n) is 5.33. The van der Waals surface area contributed by atoms with Gasteiger partial charge in [-0.05, 0) is 17.5 Å². The monoisotopic (exact) mass is 292 g/mol. The van der Waals surface area contributed by atoms with Gasteiger partial charge in [-0.15, -0.1) is 0 Å². The maximum Gasteiger partial charge on any atom is 0.290 e. The van der Waals surface area contributed by atoms with Gasteiger partial charge in [-0.1, -0.05) is 25.1 Å². The summed E-state index contributed by atoms with van der Waals surface area (Å²) in [4.78, 5) is 23.9. The minimum absolute atomic E-state index is 0.0202. The van der Waals surface area contributed by atoms with Crippen LogP contribution in [0, 0.1) is 0 Å². The number of alkyl halides is 2. The highest BCUT2D eigenvalue weighted by molar-refractivity contribution is 5.73. The third-order valence-electron chi connectivity index (χ3n) is 3.96. The summed E-state index contributed by atoms with van der Waals surface area (Å²) >= 11 is 0. The Morgan fingerprint density at radius 1 is 1.29 bits per heavy atom. The fourth-order valence-electron chi connectivity index (χ4n) is 2.81. The molecule has 1 aliphatic rings. The number of nitrogens with two attached hydrogens (primary N) is 1. The Hall–Kier alpha value is -2.24. The number of aryl methyl sites for hydroxylation is 1. The summed E-state index contributed by atoms with van der Waals surface area (Å²) in [6.07, 6.45) is 0.737. The number of hydrogen-bond donors (Lipinski definition) is 1. The van der Waals surface area contributed by atoms with E-state index in [4.69, 9.17) is 5.73 Å². The summed E-state index contributed by atoms with van der Waals surface area (Å²) in [6.45, 7) is 1.46. The molecular formula is C15H14F2N2O2. The zero-order chi connectivity index (χ0) is 15.4. The molecule has 2 aromatic rings. The molecule has 110 valence electrons. The van der Waals surface area contributed by atoms with Gasteiger partial charge in [0.05, 0.1) is 6.54 Å². The van der Waals surface area contributed by atoms with E-state index in [-0.39, 0.29) is 23.5 Å². The van der Waals surface area contributed by atoms with E-state index in [1.54, 1.807) is 12.1 Å². The smallest absolute Gasteiger partial charge is 0.290 e. The first-order valence-electron chi connectivity index (χ1n) is 6.69. The van der Waals surface area contributed by atoms with E-state index in [1.807, 2.05) is 6.92 Å². The van der Waals surface area contributed by atoms with Crippen LogP contribution >= 0.6 is 0 Å². The van der Waals surface area contributed by atoms with Crippen molar-refractivity contribution < 1.29 is 8.78 Å². The van der Waals surface area contributed by atoms with Crippen LogP contribution in [0.25, 0.3) is 0 Å². The fraction of sp³-hybridized carbons (Fsp3) is 0.333. The summed E-state index contributed by atoms with van der Waals surface area (Å²) in [6, 6.07) is 4.85. The van der Waals surface area contributed by atoms with E-state index in [9.17, 15) is 18.4 Å². The van der Waals surface area contributed by atoms with Gasteiger partial charge in [0.25, 0.3) is 16.8 Å². The molecule has 21 heavy (non-hydrogen) atoms. The summed E-state index contributed by atoms with van der Waals surface area (Å²) in [5.74, 6) is -3.08. The molecule has 0 spiro atoms. The van der Waals surface area contributed by atoms with Crippen molar-refractivity contribution in [3.05, 3.63) is 55.3 Å². The van der Waals surface area contributed by atoms with Crippen molar-refractivity contribution in [3.63, 3.8) is 0 Å². The molecular weight excluding hydrogens is 278 g/mol. The van der Waals surface area contributed by atoms with Crippen LogP contribution < -0.4 is 21.5 Å². The van der Waals surface area contributed by atoms with E-state index < -0.39 is 23.3 Å². The van der Waals surface area contributed by atoms with Crippen LogP contribution in [0.2, 0.25) is 0 Å². The van der Waals surface area contributed by atoms with Crippen LogP contribution in [-0.2, 0) is 18.9 Å². The Morgan fingerprint density at radius 3 is 2.62 bits per heavy atom. The zero-order valence-corrected chi connectivity index (χ0v) is 11.5. The van der Waals surface area contributed by atoms with Gasteiger partial charge < -0.3 is 10.6 Å². The normalized spacial score (nSPS) is 17.0. The van der Waals surface area contributed by atoms with Crippen molar-refractivity contribution in [2.24, 2.45) is 0 Å². The number of rotatable bonds is 2. The first-order valence-corrected chi connectivity index (χ1v) is 6.69. The molecule has 0 saturated carbocycles. The summed E-state index contributed by atoms with van der Waals surface area (Å²) < 4.78 is 28.5. The van der Waals surface area contributed by atoms with Crippen molar-refractivity contribution in [1.82, 2.24) is 0 Å². The van der Waals surface area contributed by atoms with Crippen LogP contribution in [0.3, 0.4) is 0 Å². The van der Waals surface area contributed by atoms with E-state index in [0.717, 1.165) is 12.0 Å². The van der Waals surface area contributed by atoms with Crippen LogP contribution in [0.4, 0.5) is 20.2 Å². The van der Waals surface area contributed by atoms with Crippen molar-refractivity contribution in [1.29, 1.82) is 0 Å². The lowest BCUT2D eigenvalue weighted by atomic mass is 9.93. The second kappa shape index (κ2) is 4.38. The van der Waals surface area contributed by atoms with E-state index in [0.29, 0.717) is 5.56 Å². The summed E-state index contributed by atoms with van der Waals surface area (Å²) in [5.41, 5.74) is 5.01. The first kappa shape index (κ1) is 13.7. The molecule has 2 N–H and O–H groups in total. The molecule has 0 radical (unpaired) electrons. The topological polar surface area (TPSA) is 63.4 Å². The van der Waals surface area contributed by atoms with E-state index >= 15 is 0 Å². The molecule has 3 rings (SSSR count). The molecule has 2 aromatic carbocycles. The predicted molar refractivity (Wildman–Crippen MR) is 76.5 cm³/mol. The van der Waals surface area contributed by atoms with Gasteiger partial charge in [-0.25, -0.2) is 0 Å². The summed E-state index contributed by atoms with van der Waals surface area (Å²) in [5, 5.41) is 0. The first-order chi connectivity index (χ1) is 9.85. The van der Waals surface area contributed by atoms with Crippen LogP contribution in [0.15, 0.2) is 27.8 Å².